The van der Waals surface area contributed by atoms with Crippen molar-refractivity contribution in [2.45, 2.75) is 0 Å². The number of aromatic hydroxyl groups is 1. The van der Waals surface area contributed by atoms with Gasteiger partial charge in [0.1, 0.15) is 0 Å². The highest BCUT2D eigenvalue weighted by atomic mass is 35.5. The van der Waals surface area contributed by atoms with E-state index >= 15 is 0 Å². The summed E-state index contributed by atoms with van der Waals surface area (Å²) in [5, 5.41) is 28.9. The molecule has 0 spiro atoms. The van der Waals surface area contributed by atoms with Crippen molar-refractivity contribution in [2.75, 3.05) is 0 Å². The van der Waals surface area contributed by atoms with Gasteiger partial charge in [-0.15, -0.1) is 0 Å². The van der Waals surface area contributed by atoms with Crippen LogP contribution in [0.1, 0.15) is 10.4 Å². The Morgan fingerprint density at radius 3 is 2.19 bits per heavy atom. The van der Waals surface area contributed by atoms with Gasteiger partial charge in [-0.3, -0.25) is 25.0 Å². The van der Waals surface area contributed by atoms with E-state index in [2.05, 4.69) is 0 Å². The van der Waals surface area contributed by atoms with E-state index in [-0.39, 0.29) is 0 Å². The summed E-state index contributed by atoms with van der Waals surface area (Å²) in [5.74, 6) is -0.990. The lowest BCUT2D eigenvalue weighted by molar-refractivity contribution is -0.394. The molecule has 0 fully saturated rings. The smallest absolute Gasteiger partial charge is 0.318 e. The SMILES string of the molecule is O=C(Cl)c1cc([N+](=O)[O-])cc([N+](=O)[O-])c1O. The van der Waals surface area contributed by atoms with Crippen molar-refractivity contribution >= 4 is 28.2 Å². The van der Waals surface area contributed by atoms with E-state index in [1.165, 1.54) is 0 Å². The number of hydrogen-bond donors (Lipinski definition) is 1. The number of carbonyl (C=O) groups is 1. The van der Waals surface area contributed by atoms with Crippen LogP contribution in [-0.4, -0.2) is 20.2 Å². The molecule has 0 radical (unpaired) electrons. The number of phenolic OH excluding ortho intramolecular Hbond substituents is 1. The summed E-state index contributed by atoms with van der Waals surface area (Å²) in [4.78, 5) is 29.6. The third kappa shape index (κ3) is 2.06. The molecule has 0 aliphatic carbocycles. The fourth-order valence-electron chi connectivity index (χ4n) is 0.999. The van der Waals surface area contributed by atoms with E-state index in [0.29, 0.717) is 12.1 Å². The molecule has 8 nitrogen and oxygen atoms in total. The van der Waals surface area contributed by atoms with Gasteiger partial charge in [-0.05, 0) is 11.6 Å². The van der Waals surface area contributed by atoms with Crippen molar-refractivity contribution in [1.29, 1.82) is 0 Å². The van der Waals surface area contributed by atoms with Crippen molar-refractivity contribution in [2.24, 2.45) is 0 Å². The Bertz CT molecular complexity index is 465. The molecule has 0 saturated carbocycles. The van der Waals surface area contributed by atoms with Gasteiger partial charge < -0.3 is 5.11 Å². The van der Waals surface area contributed by atoms with Crippen molar-refractivity contribution in [1.82, 2.24) is 0 Å². The Morgan fingerprint density at radius 1 is 1.25 bits per heavy atom. The first-order valence-electron chi connectivity index (χ1n) is 3.70. The normalized spacial score (nSPS) is 9.81. The van der Waals surface area contributed by atoms with E-state index < -0.39 is 37.8 Å². The number of non-ortho nitro benzene ring substituents is 1. The number of rotatable bonds is 3. The zero-order chi connectivity index (χ0) is 12.5. The van der Waals surface area contributed by atoms with Gasteiger partial charge in [0, 0.05) is 6.07 Å². The number of carbonyl (C=O) groups excluding carboxylic acids is 1. The maximum Gasteiger partial charge on any atom is 0.318 e. The summed E-state index contributed by atoms with van der Waals surface area (Å²) >= 11 is 5.02. The molecule has 0 bridgehead atoms. The minimum atomic E-state index is -1.22. The molecule has 0 heterocycles. The lowest BCUT2D eigenvalue weighted by Crippen LogP contribution is -1.98. The number of nitro groups is 2. The molecule has 9 heteroatoms. The molecule has 1 aromatic rings. The molecule has 0 aromatic heterocycles. The van der Waals surface area contributed by atoms with Crippen LogP contribution in [0.25, 0.3) is 0 Å². The Balaban J connectivity index is 3.57. The molecule has 0 amide bonds. The summed E-state index contributed by atoms with van der Waals surface area (Å²) in [6, 6.07) is 1.20. The average Bonchev–Trinajstić information content (AvgIpc) is 2.16. The highest BCUT2D eigenvalue weighted by Crippen LogP contribution is 2.34. The largest absolute Gasteiger partial charge is 0.502 e. The van der Waals surface area contributed by atoms with Crippen LogP contribution in [0, 0.1) is 20.2 Å². The van der Waals surface area contributed by atoms with Gasteiger partial charge >= 0.3 is 5.69 Å². The zero-order valence-corrected chi connectivity index (χ0v) is 8.17. The molecule has 84 valence electrons. The lowest BCUT2D eigenvalue weighted by atomic mass is 10.1. The summed E-state index contributed by atoms with van der Waals surface area (Å²) < 4.78 is 0. The molecule has 1 rings (SSSR count). The van der Waals surface area contributed by atoms with E-state index in [9.17, 15) is 30.1 Å². The van der Waals surface area contributed by atoms with Gasteiger partial charge in [0.2, 0.25) is 5.75 Å². The Kier molecular flexibility index (Phi) is 3.04. The van der Waals surface area contributed by atoms with Gasteiger partial charge in [-0.25, -0.2) is 0 Å². The maximum absolute atomic E-state index is 10.8. The maximum atomic E-state index is 10.8. The molecular weight excluding hydrogens is 244 g/mol. The van der Waals surface area contributed by atoms with Crippen LogP contribution in [-0.2, 0) is 0 Å². The Hall–Kier alpha value is -2.22. The van der Waals surface area contributed by atoms with Crippen LogP contribution in [0.2, 0.25) is 0 Å². The van der Waals surface area contributed by atoms with Crippen molar-refractivity contribution in [3.05, 3.63) is 37.9 Å². The van der Waals surface area contributed by atoms with Crippen LogP contribution in [0.3, 0.4) is 0 Å². The molecule has 1 N–H and O–H groups in total. The molecule has 0 atom stereocenters. The van der Waals surface area contributed by atoms with Gasteiger partial charge in [0.25, 0.3) is 10.9 Å². The number of halogens is 1. The average molecular weight is 247 g/mol. The third-order valence-electron chi connectivity index (χ3n) is 1.69. The van der Waals surface area contributed by atoms with Crippen LogP contribution in [0.4, 0.5) is 11.4 Å². The molecule has 0 aliphatic heterocycles. The first-order chi connectivity index (χ1) is 7.34. The van der Waals surface area contributed by atoms with E-state index in [0.717, 1.165) is 0 Å². The topological polar surface area (TPSA) is 124 Å². The predicted molar refractivity (Wildman–Crippen MR) is 51.6 cm³/mol. The van der Waals surface area contributed by atoms with Gasteiger partial charge in [0.05, 0.1) is 21.5 Å². The Morgan fingerprint density at radius 2 is 1.81 bits per heavy atom. The fourth-order valence-corrected chi connectivity index (χ4v) is 1.14. The first-order valence-corrected chi connectivity index (χ1v) is 4.08. The van der Waals surface area contributed by atoms with E-state index in [4.69, 9.17) is 11.6 Å². The van der Waals surface area contributed by atoms with E-state index in [1.54, 1.807) is 0 Å². The van der Waals surface area contributed by atoms with Gasteiger partial charge in [-0.2, -0.15) is 0 Å². The predicted octanol–water partition coefficient (Wildman–Crippen LogP) is 1.59. The molecule has 0 saturated heterocycles. The molecule has 16 heavy (non-hydrogen) atoms. The second-order valence-corrected chi connectivity index (χ2v) is 2.99. The second-order valence-electron chi connectivity index (χ2n) is 2.65. The highest BCUT2D eigenvalue weighted by Gasteiger charge is 2.26. The molecule has 0 aliphatic rings. The quantitative estimate of drug-likeness (QED) is 0.490. The minimum absolute atomic E-state index is 0.540. The second kappa shape index (κ2) is 4.11. The number of hydrogen-bond acceptors (Lipinski definition) is 6. The summed E-state index contributed by atoms with van der Waals surface area (Å²) in [5.41, 5.74) is -2.32. The lowest BCUT2D eigenvalue weighted by Gasteiger charge is -2.00. The van der Waals surface area contributed by atoms with Crippen LogP contribution in [0.5, 0.6) is 5.75 Å². The molecule has 1 aromatic carbocycles. The first kappa shape index (κ1) is 11.9. The fraction of sp³-hybridized carbons (Fsp3) is 0. The van der Waals surface area contributed by atoms with Crippen LogP contribution >= 0.6 is 11.6 Å². The number of nitrogens with zero attached hydrogens (tertiary/aromatic N) is 2. The summed E-state index contributed by atoms with van der Waals surface area (Å²) in [6.07, 6.45) is 0. The Labute approximate surface area is 92.4 Å². The van der Waals surface area contributed by atoms with Crippen LogP contribution < -0.4 is 0 Å². The van der Waals surface area contributed by atoms with Gasteiger partial charge in [-0.1, -0.05) is 0 Å². The van der Waals surface area contributed by atoms with Crippen molar-refractivity contribution in [3.63, 3.8) is 0 Å². The van der Waals surface area contributed by atoms with E-state index in [1.807, 2.05) is 0 Å². The van der Waals surface area contributed by atoms with Gasteiger partial charge in [0.15, 0.2) is 0 Å². The van der Waals surface area contributed by atoms with Crippen molar-refractivity contribution < 1.29 is 19.7 Å². The standard InChI is InChI=1S/C7H3ClN2O6/c8-7(12)4-1-3(9(13)14)2-5(6(4)11)10(15)16/h1-2,11H. The molecular formula is C7H3ClN2O6. The highest BCUT2D eigenvalue weighted by molar-refractivity contribution is 6.68. The zero-order valence-electron chi connectivity index (χ0n) is 7.42. The number of nitro benzene ring substituents is 2. The molecule has 0 unspecified atom stereocenters. The summed E-state index contributed by atoms with van der Waals surface area (Å²) in [7, 11) is 0. The van der Waals surface area contributed by atoms with Crippen molar-refractivity contribution in [3.8, 4) is 5.75 Å². The number of benzene rings is 1. The summed E-state index contributed by atoms with van der Waals surface area (Å²) in [6.45, 7) is 0. The monoisotopic (exact) mass is 246 g/mol. The van der Waals surface area contributed by atoms with Crippen LogP contribution in [0.15, 0.2) is 12.1 Å². The minimum Gasteiger partial charge on any atom is -0.502 e. The number of phenols is 1. The third-order valence-corrected chi connectivity index (χ3v) is 1.90.